The van der Waals surface area contributed by atoms with Crippen LogP contribution in [0.25, 0.3) is 0 Å². The zero-order chi connectivity index (χ0) is 36.7. The second-order valence-electron chi connectivity index (χ2n) is 10.6. The fraction of sp³-hybridized carbons (Fsp3) is 0. The van der Waals surface area contributed by atoms with Gasteiger partial charge < -0.3 is 20.8 Å². The number of aliphatic imine (C=N–C) groups is 4. The van der Waals surface area contributed by atoms with Crippen molar-refractivity contribution in [3.05, 3.63) is 189 Å². The second-order valence-corrected chi connectivity index (χ2v) is 12.2. The van der Waals surface area contributed by atoms with Gasteiger partial charge in [0.2, 0.25) is 11.9 Å². The van der Waals surface area contributed by atoms with Crippen molar-refractivity contribution in [2.45, 2.75) is 0 Å². The molecule has 0 aliphatic rings. The van der Waals surface area contributed by atoms with Crippen LogP contribution in [0, 0.1) is 0 Å². The Bertz CT molecular complexity index is 2050. The van der Waals surface area contributed by atoms with E-state index in [1.165, 1.54) is 0 Å². The Labute approximate surface area is 337 Å². The molecule has 1 radical (unpaired) electrons. The van der Waals surface area contributed by atoms with Crippen LogP contribution >= 0.6 is 46.4 Å². The Morgan fingerprint density at radius 1 is 0.415 bits per heavy atom. The summed E-state index contributed by atoms with van der Waals surface area (Å²) in [6.45, 7) is 0. The maximum Gasteiger partial charge on any atom is 2.00 e. The fourth-order valence-corrected chi connectivity index (χ4v) is 4.90. The molecule has 6 aromatic rings. The van der Waals surface area contributed by atoms with Crippen molar-refractivity contribution in [3.63, 3.8) is 0 Å². The fourth-order valence-electron chi connectivity index (χ4n) is 4.30. The van der Waals surface area contributed by atoms with Crippen LogP contribution in [0.2, 0.25) is 20.1 Å². The summed E-state index contributed by atoms with van der Waals surface area (Å²) in [6.07, 6.45) is 0. The van der Waals surface area contributed by atoms with Crippen LogP contribution in [0.3, 0.4) is 0 Å². The summed E-state index contributed by atoms with van der Waals surface area (Å²) in [6, 6.07) is 46.1. The van der Waals surface area contributed by atoms with Gasteiger partial charge in [0.1, 0.15) is 0 Å². The van der Waals surface area contributed by atoms with Crippen molar-refractivity contribution in [1.29, 1.82) is 0 Å². The van der Waals surface area contributed by atoms with Crippen LogP contribution in [0.1, 0.15) is 11.1 Å². The van der Waals surface area contributed by atoms with Gasteiger partial charge in [-0.15, -0.1) is 0 Å². The summed E-state index contributed by atoms with van der Waals surface area (Å²) in [7, 11) is 0. The number of halogens is 4. The zero-order valence-corrected chi connectivity index (χ0v) is 31.4. The van der Waals surface area contributed by atoms with Gasteiger partial charge in [0.05, 0.1) is 31.5 Å². The van der Waals surface area contributed by atoms with Gasteiger partial charge in [0.15, 0.2) is 0 Å². The van der Waals surface area contributed by atoms with E-state index >= 15 is 0 Å². The number of rotatable bonds is 6. The molecule has 0 saturated carbocycles. The Kier molecular flexibility index (Phi) is 16.0. The standard InChI is InChI=1S/2C20H15Cl2N3O.Cu/c2*21-17-12-11-16(13-18(17)22)24-20(23-15-9-5-2-6-10-15)25-19(26)14-7-3-1-4-8-14;/h2*1-13H,(H2,23,24,25,26);/q;;+2/p-2. The minimum absolute atomic E-state index is 0. The van der Waals surface area contributed by atoms with E-state index in [1.54, 1.807) is 84.9 Å². The number of benzene rings is 6. The van der Waals surface area contributed by atoms with Gasteiger partial charge in [-0.2, -0.15) is 0 Å². The molecule has 0 heterocycles. The van der Waals surface area contributed by atoms with Gasteiger partial charge in [0.25, 0.3) is 0 Å². The molecule has 0 saturated heterocycles. The minimum Gasteiger partial charge on any atom is -0.858 e. The zero-order valence-electron chi connectivity index (χ0n) is 27.4. The molecule has 13 heteroatoms. The van der Waals surface area contributed by atoms with E-state index in [1.807, 2.05) is 72.8 Å². The predicted molar refractivity (Wildman–Crippen MR) is 213 cm³/mol. The molecule has 0 amide bonds. The van der Waals surface area contributed by atoms with Crippen molar-refractivity contribution >= 4 is 92.9 Å². The molecule has 0 aliphatic carbocycles. The molecule has 0 fully saturated rings. The van der Waals surface area contributed by atoms with Crippen molar-refractivity contribution in [2.75, 3.05) is 10.6 Å². The largest absolute Gasteiger partial charge is 2.00 e. The van der Waals surface area contributed by atoms with Crippen LogP contribution in [-0.2, 0) is 17.1 Å². The molecule has 53 heavy (non-hydrogen) atoms. The monoisotopic (exact) mass is 827 g/mol. The number of nitrogens with zero attached hydrogens (tertiary/aromatic N) is 4. The number of hydrogen-bond donors (Lipinski definition) is 2. The van der Waals surface area contributed by atoms with Crippen LogP contribution < -0.4 is 20.8 Å². The third-order valence-electron chi connectivity index (χ3n) is 6.79. The first kappa shape index (κ1) is 40.6. The van der Waals surface area contributed by atoms with E-state index in [0.29, 0.717) is 54.0 Å². The van der Waals surface area contributed by atoms with Crippen molar-refractivity contribution in [3.8, 4) is 0 Å². The second kappa shape index (κ2) is 20.8. The van der Waals surface area contributed by atoms with E-state index in [2.05, 4.69) is 30.6 Å². The Hall–Kier alpha value is -5.12. The Morgan fingerprint density at radius 2 is 0.736 bits per heavy atom. The number of guanidine groups is 2. The predicted octanol–water partition coefficient (Wildman–Crippen LogP) is 9.80. The van der Waals surface area contributed by atoms with Crippen molar-refractivity contribution < 1.29 is 27.3 Å². The third kappa shape index (κ3) is 13.1. The smallest absolute Gasteiger partial charge is 0.858 e. The molecule has 0 bridgehead atoms. The average Bonchev–Trinajstić information content (AvgIpc) is 3.16. The van der Waals surface area contributed by atoms with Crippen LogP contribution in [-0.4, -0.2) is 23.7 Å². The maximum atomic E-state index is 12.4. The van der Waals surface area contributed by atoms with E-state index in [0.717, 1.165) is 0 Å². The molecule has 6 aromatic carbocycles. The summed E-state index contributed by atoms with van der Waals surface area (Å²) < 4.78 is 0. The van der Waals surface area contributed by atoms with Crippen LogP contribution in [0.5, 0.6) is 0 Å². The number of para-hydroxylation sites is 2. The first-order chi connectivity index (χ1) is 25.2. The van der Waals surface area contributed by atoms with Gasteiger partial charge in [-0.25, -0.2) is 20.0 Å². The van der Waals surface area contributed by atoms with E-state index in [-0.39, 0.29) is 29.0 Å². The molecule has 0 atom stereocenters. The van der Waals surface area contributed by atoms with Crippen molar-refractivity contribution in [2.24, 2.45) is 20.0 Å². The minimum atomic E-state index is -0.396. The van der Waals surface area contributed by atoms with E-state index < -0.39 is 11.8 Å². The van der Waals surface area contributed by atoms with Crippen LogP contribution in [0.4, 0.5) is 22.7 Å². The molecule has 8 nitrogen and oxygen atoms in total. The van der Waals surface area contributed by atoms with Gasteiger partial charge in [-0.05, 0) is 83.6 Å². The van der Waals surface area contributed by atoms with Gasteiger partial charge in [-0.1, -0.05) is 143 Å². The summed E-state index contributed by atoms with van der Waals surface area (Å²) >= 11 is 24.0. The molecule has 0 aliphatic heterocycles. The average molecular weight is 830 g/mol. The van der Waals surface area contributed by atoms with Crippen molar-refractivity contribution in [1.82, 2.24) is 0 Å². The topological polar surface area (TPSA) is 120 Å². The third-order valence-corrected chi connectivity index (χ3v) is 8.27. The Morgan fingerprint density at radius 3 is 1.06 bits per heavy atom. The molecule has 2 N–H and O–H groups in total. The number of anilines is 2. The van der Waals surface area contributed by atoms with E-state index in [9.17, 15) is 10.2 Å². The molecule has 269 valence electrons. The Balaban J connectivity index is 0.000000232. The molecule has 0 unspecified atom stereocenters. The summed E-state index contributed by atoms with van der Waals surface area (Å²) in [5.74, 6) is -0.479. The first-order valence-electron chi connectivity index (χ1n) is 15.6. The SMILES string of the molecule is [Cu+2].[O-]/C(=N\C(=Nc1ccccc1)Nc1ccc(Cl)c(Cl)c1)c1ccccc1.[O-]/C(=N\C(=Nc1ccccc1)Nc1ccc(Cl)c(Cl)c1)c1ccccc1. The molecular formula is C40H28Cl4CuN6O2. The van der Waals surface area contributed by atoms with Crippen LogP contribution in [0.15, 0.2) is 178 Å². The summed E-state index contributed by atoms with van der Waals surface area (Å²) in [4.78, 5) is 17.1. The van der Waals surface area contributed by atoms with E-state index in [4.69, 9.17) is 46.4 Å². The number of hydrogen-bond acceptors (Lipinski definition) is 4. The molecule has 6 rings (SSSR count). The summed E-state index contributed by atoms with van der Waals surface area (Å²) in [5, 5.41) is 32.5. The van der Waals surface area contributed by atoms with Gasteiger partial charge in [-0.3, -0.25) is 0 Å². The maximum absolute atomic E-state index is 12.4. The molecular weight excluding hydrogens is 802 g/mol. The van der Waals surface area contributed by atoms with Gasteiger partial charge in [0, 0.05) is 11.4 Å². The first-order valence-corrected chi connectivity index (χ1v) is 17.1. The number of nitrogens with one attached hydrogen (secondary N) is 2. The normalized spacial score (nSPS) is 11.8. The van der Waals surface area contributed by atoms with Gasteiger partial charge >= 0.3 is 17.1 Å². The quantitative estimate of drug-likeness (QED) is 0.0987. The molecule has 0 aromatic heterocycles. The molecule has 0 spiro atoms. The summed E-state index contributed by atoms with van der Waals surface area (Å²) in [5.41, 5.74) is 3.53.